The number of likely N-dealkylation sites (N-methyl/N-ethyl adjacent to an activating group) is 1. The second-order valence-electron chi connectivity index (χ2n) is 25.1. The van der Waals surface area contributed by atoms with Gasteiger partial charge in [0.1, 0.15) is 48.0 Å². The molecule has 93 heavy (non-hydrogen) atoms. The number of methoxy groups -OCH3 is 3. The summed E-state index contributed by atoms with van der Waals surface area (Å²) in [6.07, 6.45) is -5.15. The number of nitrogens with zero attached hydrogens (tertiary/aromatic N) is 2. The summed E-state index contributed by atoms with van der Waals surface area (Å²) in [6, 6.07) is 6.77. The summed E-state index contributed by atoms with van der Waals surface area (Å²) in [4.78, 5) is 71.4. The normalized spacial score (nSPS) is 29.6. The van der Waals surface area contributed by atoms with Gasteiger partial charge in [-0.25, -0.2) is 4.79 Å². The highest BCUT2D eigenvalue weighted by molar-refractivity contribution is 7.99. The number of rotatable bonds is 8. The van der Waals surface area contributed by atoms with Gasteiger partial charge in [-0.05, 0) is 81.1 Å². The number of phenols is 4. The van der Waals surface area contributed by atoms with Gasteiger partial charge in [-0.2, -0.15) is 0 Å². The van der Waals surface area contributed by atoms with E-state index in [-0.39, 0.29) is 76.9 Å². The van der Waals surface area contributed by atoms with Crippen LogP contribution in [0.5, 0.6) is 57.5 Å². The second kappa shape index (κ2) is 23.6. The van der Waals surface area contributed by atoms with Crippen LogP contribution in [0.1, 0.15) is 138 Å². The van der Waals surface area contributed by atoms with Crippen LogP contribution in [0.4, 0.5) is 0 Å². The van der Waals surface area contributed by atoms with E-state index in [9.17, 15) is 64.8 Å². The van der Waals surface area contributed by atoms with E-state index in [1.54, 1.807) is 19.1 Å². The zero-order chi connectivity index (χ0) is 66.3. The number of aromatic hydroxyl groups is 4. The number of esters is 2. The maximum absolute atomic E-state index is 14.7. The fraction of sp³-hybridized carbons (Fsp3) is 0.470. The highest BCUT2D eigenvalue weighted by atomic mass is 32.2. The Morgan fingerprint density at radius 1 is 0.860 bits per heavy atom. The predicted molar refractivity (Wildman–Crippen MR) is 326 cm³/mol. The zero-order valence-electron chi connectivity index (χ0n) is 52.1. The van der Waals surface area contributed by atoms with Gasteiger partial charge in [0.15, 0.2) is 57.9 Å². The molecule has 3 saturated heterocycles. The Balaban J connectivity index is 0.000000179. The molecule has 8 heterocycles. The van der Waals surface area contributed by atoms with E-state index in [1.165, 1.54) is 58.2 Å². The number of hydrogen-bond donors (Lipinski definition) is 10. The molecule has 0 saturated carbocycles. The molecule has 1 spiro atoms. The van der Waals surface area contributed by atoms with Crippen molar-refractivity contribution in [1.82, 2.24) is 15.1 Å². The van der Waals surface area contributed by atoms with Crippen molar-refractivity contribution in [3.05, 3.63) is 114 Å². The molecule has 3 fully saturated rings. The lowest BCUT2D eigenvalue weighted by Crippen LogP contribution is -2.70. The van der Waals surface area contributed by atoms with E-state index < -0.39 is 143 Å². The van der Waals surface area contributed by atoms with Gasteiger partial charge in [-0.1, -0.05) is 18.2 Å². The molecular weight excluding hydrogens is 1230 g/mol. The van der Waals surface area contributed by atoms with Crippen LogP contribution in [0.2, 0.25) is 0 Å². The van der Waals surface area contributed by atoms with Crippen LogP contribution in [-0.4, -0.2) is 189 Å². The first-order chi connectivity index (χ1) is 44.3. The first-order valence-electron chi connectivity index (χ1n) is 30.5. The molecule has 13 atom stereocenters. The van der Waals surface area contributed by atoms with Gasteiger partial charge in [-0.15, -0.1) is 11.8 Å². The van der Waals surface area contributed by atoms with E-state index in [0.29, 0.717) is 70.2 Å². The standard InChI is InChI=1S/C39H43N3O11S.C27H29NO11/c1-16-9-20-10-22-37(46)42-23-13-50-38(47)39(21-12-25(48-5)24(44)11-19(21)7-8-40-39)14-54-36(30(42)29(41(22)4)26(20)31(45)32(16)49-6)28-27(23)35-34(51-15-52-35)17(2)33(28)53-18(3)43;1-10-22(31)13(28)6-17(38-10)39-15-8-27(36,16(30)9-29)7-12-19(15)26(35)21-20(24(12)33)23(32)11-4-3-5-14(37-2)18(11)25(21)34/h9,11-12,22-23,29-30,36-37,40,44-46H,7-8,10,13-15H2,1-6H3;3-5,10,13,15,17,22,29,31,33,35-36H,6-9,28H2,1-2H3/t22?,23-,29+,30+,36+,37-,39+;10-,13-,15-,17-,22+,27-/m00/s1. The summed E-state index contributed by atoms with van der Waals surface area (Å²) >= 11 is 1.47. The van der Waals surface area contributed by atoms with Crippen LogP contribution in [0, 0.1) is 13.8 Å². The number of nitrogens with one attached hydrogen (secondary N) is 1. The third kappa shape index (κ3) is 9.70. The van der Waals surface area contributed by atoms with Crippen molar-refractivity contribution in [2.45, 2.75) is 137 Å². The molecule has 0 radical (unpaired) electrons. The number of aliphatic hydroxyl groups is 4. The number of carbonyl (C=O) groups excluding carboxylic acids is 5. The Morgan fingerprint density at radius 2 is 1.59 bits per heavy atom. The summed E-state index contributed by atoms with van der Waals surface area (Å²) in [5.41, 5.74) is 6.73. The van der Waals surface area contributed by atoms with Gasteiger partial charge in [0.25, 0.3) is 0 Å². The van der Waals surface area contributed by atoms with Gasteiger partial charge in [0, 0.05) is 89.5 Å². The Hall–Kier alpha value is -7.80. The summed E-state index contributed by atoms with van der Waals surface area (Å²) in [6.45, 7) is 5.82. The van der Waals surface area contributed by atoms with Crippen molar-refractivity contribution in [3.63, 3.8) is 0 Å². The number of benzene rings is 5. The number of phenolic OH excluding ortho intramolecular Hbond substituents is 4. The fourth-order valence-corrected chi connectivity index (χ4v) is 17.4. The number of ketones is 3. The smallest absolute Gasteiger partial charge is 0.331 e. The van der Waals surface area contributed by atoms with E-state index in [0.717, 1.165) is 16.7 Å². The van der Waals surface area contributed by atoms with Crippen molar-refractivity contribution < 1.29 is 107 Å². The Kier molecular flexibility index (Phi) is 16.2. The second-order valence-corrected chi connectivity index (χ2v) is 26.2. The van der Waals surface area contributed by atoms with Crippen molar-refractivity contribution in [2.24, 2.45) is 5.73 Å². The molecule has 10 aliphatic rings. The Morgan fingerprint density at radius 3 is 2.29 bits per heavy atom. The van der Waals surface area contributed by atoms with E-state index in [4.69, 9.17) is 48.4 Å². The molecule has 5 aromatic carbocycles. The summed E-state index contributed by atoms with van der Waals surface area (Å²) in [5.74, 6) is -2.83. The van der Waals surface area contributed by atoms with Crippen LogP contribution in [-0.2, 0) is 53.4 Å². The minimum Gasteiger partial charge on any atom is -0.507 e. The van der Waals surface area contributed by atoms with E-state index in [2.05, 4.69) is 10.2 Å². The third-order valence-corrected chi connectivity index (χ3v) is 21.5. The van der Waals surface area contributed by atoms with Gasteiger partial charge in [-0.3, -0.25) is 34.3 Å². The van der Waals surface area contributed by atoms with Crippen LogP contribution >= 0.6 is 11.8 Å². The van der Waals surface area contributed by atoms with E-state index >= 15 is 0 Å². The van der Waals surface area contributed by atoms with Crippen molar-refractivity contribution in [3.8, 4) is 57.5 Å². The number of aryl methyl sites for hydroxylation is 1. The lowest BCUT2D eigenvalue weighted by atomic mass is 9.72. The molecule has 26 nitrogen and oxygen atoms in total. The minimum absolute atomic E-state index is 0.0173. The molecule has 2 aliphatic carbocycles. The summed E-state index contributed by atoms with van der Waals surface area (Å²) < 4.78 is 52.9. The molecule has 4 bridgehead atoms. The number of aliphatic hydroxyl groups excluding tert-OH is 3. The number of hydrogen-bond acceptors (Lipinski definition) is 27. The number of carbonyl (C=O) groups is 5. The molecule has 27 heteroatoms. The average molecular weight is 1310 g/mol. The van der Waals surface area contributed by atoms with Gasteiger partial charge in [0.2, 0.25) is 12.6 Å². The number of nitrogens with two attached hydrogens (primary N) is 1. The lowest BCUT2D eigenvalue weighted by molar-refractivity contribution is -0.247. The largest absolute Gasteiger partial charge is 0.507 e. The molecule has 5 aromatic rings. The third-order valence-electron chi connectivity index (χ3n) is 20.1. The first-order valence-corrected chi connectivity index (χ1v) is 31.5. The molecule has 8 aliphatic heterocycles. The first kappa shape index (κ1) is 63.9. The predicted octanol–water partition coefficient (Wildman–Crippen LogP) is 3.41. The highest BCUT2D eigenvalue weighted by Gasteiger charge is 2.62. The van der Waals surface area contributed by atoms with E-state index in [1.807, 2.05) is 31.9 Å². The van der Waals surface area contributed by atoms with Crippen LogP contribution < -0.4 is 39.5 Å². The topological polar surface area (TPSA) is 375 Å². The van der Waals surface area contributed by atoms with Gasteiger partial charge < -0.3 is 89.2 Å². The van der Waals surface area contributed by atoms with Crippen LogP contribution in [0.25, 0.3) is 0 Å². The molecule has 15 rings (SSSR count). The van der Waals surface area contributed by atoms with Crippen LogP contribution in [0.15, 0.2) is 36.4 Å². The lowest BCUT2D eigenvalue weighted by Gasteiger charge is -2.62. The fourth-order valence-electron chi connectivity index (χ4n) is 15.7. The molecule has 0 amide bonds. The molecule has 494 valence electrons. The SMILES string of the molecule is COc1cc2c(cc1O)CCN[C@]21CS[C@@H]2c3c(OC(C)=O)c(C)c4c(c3[C@H](COC1=O)N1[C@@H]2[C@H]2c3c(cc(C)c(OC)c3O)CC([C@@H]1O)N2C)OCO4.COc1cccc2c1C(=O)c1c(O)c3c(c(O)c1C2=O)C[C@@](O)(C(=O)CO)C[C@@H]3O[C@H]1C[C@H](N)[C@H](O)[C@H](C)O1. The molecule has 0 aromatic heterocycles. The number of ether oxygens (including phenoxy) is 9. The highest BCUT2D eigenvalue weighted by Crippen LogP contribution is 2.65. The molecule has 11 N–H and O–H groups in total. The average Bonchev–Trinajstić information content (AvgIpc) is 1.000. The number of piperazine rings is 1. The maximum Gasteiger partial charge on any atom is 0.331 e. The summed E-state index contributed by atoms with van der Waals surface area (Å²) in [7, 11) is 6.28. The Bertz CT molecular complexity index is 4000. The Labute approximate surface area is 536 Å². The number of fused-ring (bicyclic) bond motifs is 12. The van der Waals surface area contributed by atoms with Crippen molar-refractivity contribution in [2.75, 3.05) is 60.7 Å². The van der Waals surface area contributed by atoms with Gasteiger partial charge >= 0.3 is 11.9 Å². The van der Waals surface area contributed by atoms with Crippen molar-refractivity contribution in [1.29, 1.82) is 0 Å². The quantitative estimate of drug-likeness (QED) is 0.0593. The van der Waals surface area contributed by atoms with Crippen LogP contribution in [0.3, 0.4) is 0 Å². The summed E-state index contributed by atoms with van der Waals surface area (Å²) in [5, 5.41) is 91.9. The van der Waals surface area contributed by atoms with Gasteiger partial charge in [0.05, 0.1) is 79.7 Å². The zero-order valence-corrected chi connectivity index (χ0v) is 52.9. The maximum atomic E-state index is 14.7. The molecular formula is C66H72N4O22S. The minimum atomic E-state index is -2.24. The number of thioether (sulfide) groups is 1. The number of Topliss-reactive ketones (excluding diaryl/α,β-unsaturated/α-hetero) is 1. The van der Waals surface area contributed by atoms with Crippen molar-refractivity contribution >= 4 is 41.1 Å². The molecule has 1 unspecified atom stereocenters. The monoisotopic (exact) mass is 1300 g/mol.